The first kappa shape index (κ1) is 15.4. The van der Waals surface area contributed by atoms with Gasteiger partial charge >= 0.3 is 0 Å². The molecule has 110 valence electrons. The van der Waals surface area contributed by atoms with Gasteiger partial charge in [-0.05, 0) is 31.2 Å². The summed E-state index contributed by atoms with van der Waals surface area (Å²) in [5.41, 5.74) is 1.67. The fraction of sp³-hybridized carbons (Fsp3) is 0.235. The Morgan fingerprint density at radius 1 is 1.43 bits per heavy atom. The quantitative estimate of drug-likeness (QED) is 0.539. The summed E-state index contributed by atoms with van der Waals surface area (Å²) in [5, 5.41) is 0. The van der Waals surface area contributed by atoms with Crippen LogP contribution < -0.4 is 4.74 Å². The van der Waals surface area contributed by atoms with Gasteiger partial charge in [0.25, 0.3) is 0 Å². The predicted octanol–water partition coefficient (Wildman–Crippen LogP) is 4.27. The highest BCUT2D eigenvalue weighted by Crippen LogP contribution is 2.23. The van der Waals surface area contributed by atoms with Crippen molar-refractivity contribution >= 4 is 17.5 Å². The summed E-state index contributed by atoms with van der Waals surface area (Å²) in [6.45, 7) is 5.98. The van der Waals surface area contributed by atoms with Gasteiger partial charge < -0.3 is 9.15 Å². The van der Waals surface area contributed by atoms with E-state index in [1.54, 1.807) is 12.3 Å². The second-order valence-electron chi connectivity index (χ2n) is 4.59. The molecule has 0 amide bonds. The van der Waals surface area contributed by atoms with Gasteiger partial charge in [-0.3, -0.25) is 4.79 Å². The molecule has 0 aliphatic heterocycles. The zero-order valence-corrected chi connectivity index (χ0v) is 12.8. The maximum atomic E-state index is 12.4. The van der Waals surface area contributed by atoms with Gasteiger partial charge in [0.2, 0.25) is 0 Å². The molecular weight excluding hydrogens is 284 g/mol. The molecule has 1 heterocycles. The van der Waals surface area contributed by atoms with Crippen LogP contribution in [-0.2, 0) is 5.75 Å². The Hall–Kier alpha value is -1.94. The Balaban J connectivity index is 1.99. The fourth-order valence-corrected chi connectivity index (χ4v) is 2.66. The van der Waals surface area contributed by atoms with E-state index in [1.807, 2.05) is 37.3 Å². The van der Waals surface area contributed by atoms with Crippen LogP contribution in [0, 0.1) is 6.92 Å². The maximum Gasteiger partial charge on any atom is 0.176 e. The molecule has 1 aromatic carbocycles. The number of hydrogen-bond acceptors (Lipinski definition) is 4. The van der Waals surface area contributed by atoms with E-state index in [0.717, 1.165) is 11.3 Å². The van der Waals surface area contributed by atoms with Crippen molar-refractivity contribution in [3.05, 3.63) is 66.1 Å². The van der Waals surface area contributed by atoms with Crippen molar-refractivity contribution in [1.29, 1.82) is 0 Å². The van der Waals surface area contributed by atoms with Crippen LogP contribution in [0.15, 0.2) is 53.7 Å². The van der Waals surface area contributed by atoms with Crippen LogP contribution in [0.4, 0.5) is 0 Å². The Bertz CT molecular complexity index is 603. The van der Waals surface area contributed by atoms with Crippen LogP contribution in [0.5, 0.6) is 5.75 Å². The van der Waals surface area contributed by atoms with Crippen LogP contribution in [-0.4, -0.2) is 18.1 Å². The van der Waals surface area contributed by atoms with Crippen molar-refractivity contribution in [3.8, 4) is 5.75 Å². The minimum Gasteiger partial charge on any atom is -0.489 e. The normalized spacial score (nSPS) is 10.3. The molecule has 0 radical (unpaired) electrons. The Morgan fingerprint density at radius 3 is 3.00 bits per heavy atom. The van der Waals surface area contributed by atoms with E-state index in [2.05, 4.69) is 6.58 Å². The monoisotopic (exact) mass is 302 g/mol. The van der Waals surface area contributed by atoms with Gasteiger partial charge in [-0.1, -0.05) is 24.3 Å². The van der Waals surface area contributed by atoms with Crippen LogP contribution >= 0.6 is 11.8 Å². The number of furan rings is 1. The lowest BCUT2D eigenvalue weighted by molar-refractivity contribution is 0.101. The second kappa shape index (κ2) is 7.74. The van der Waals surface area contributed by atoms with Gasteiger partial charge in [-0.2, -0.15) is 0 Å². The number of ketones is 1. The van der Waals surface area contributed by atoms with E-state index in [0.29, 0.717) is 29.4 Å². The largest absolute Gasteiger partial charge is 0.489 e. The standard InChI is InChI=1S/C17H18O3S/c1-3-8-20-17-7-6-13(2)10-15(17)16(18)12-21-11-14-5-4-9-19-14/h3-7,9-10H,1,8,11-12H2,2H3. The number of carbonyl (C=O) groups excluding carboxylic acids is 1. The average Bonchev–Trinajstić information content (AvgIpc) is 2.99. The molecule has 0 spiro atoms. The first-order valence-electron chi connectivity index (χ1n) is 6.68. The van der Waals surface area contributed by atoms with Crippen molar-refractivity contribution < 1.29 is 13.9 Å². The SMILES string of the molecule is C=CCOc1ccc(C)cc1C(=O)CSCc1ccco1. The molecule has 1 aromatic heterocycles. The van der Waals surface area contributed by atoms with Crippen LogP contribution in [0.2, 0.25) is 0 Å². The summed E-state index contributed by atoms with van der Waals surface area (Å²) in [7, 11) is 0. The summed E-state index contributed by atoms with van der Waals surface area (Å²) in [6.07, 6.45) is 3.30. The van der Waals surface area contributed by atoms with Gasteiger partial charge in [0.1, 0.15) is 18.1 Å². The van der Waals surface area contributed by atoms with E-state index in [1.165, 1.54) is 11.8 Å². The molecule has 2 aromatic rings. The van der Waals surface area contributed by atoms with E-state index in [9.17, 15) is 4.79 Å². The predicted molar refractivity (Wildman–Crippen MR) is 86.1 cm³/mol. The van der Waals surface area contributed by atoms with E-state index < -0.39 is 0 Å². The molecule has 0 fully saturated rings. The number of ether oxygens (including phenoxy) is 1. The van der Waals surface area contributed by atoms with Crippen molar-refractivity contribution in [3.63, 3.8) is 0 Å². The minimum atomic E-state index is 0.0642. The molecule has 0 bridgehead atoms. The first-order valence-corrected chi connectivity index (χ1v) is 7.84. The molecule has 4 heteroatoms. The topological polar surface area (TPSA) is 39.4 Å². The van der Waals surface area contributed by atoms with Gasteiger partial charge in [-0.25, -0.2) is 0 Å². The number of thioether (sulfide) groups is 1. The second-order valence-corrected chi connectivity index (χ2v) is 5.58. The van der Waals surface area contributed by atoms with Crippen molar-refractivity contribution in [2.75, 3.05) is 12.4 Å². The van der Waals surface area contributed by atoms with Crippen LogP contribution in [0.25, 0.3) is 0 Å². The number of hydrogen-bond donors (Lipinski definition) is 0. The molecule has 0 saturated carbocycles. The summed E-state index contributed by atoms with van der Waals surface area (Å²) >= 11 is 1.53. The van der Waals surface area contributed by atoms with Crippen LogP contribution in [0.3, 0.4) is 0 Å². The number of Topliss-reactive ketones (excluding diaryl/α,β-unsaturated/α-hetero) is 1. The third-order valence-corrected chi connectivity index (χ3v) is 3.80. The Labute approximate surface area is 129 Å². The van der Waals surface area contributed by atoms with E-state index in [-0.39, 0.29) is 5.78 Å². The Kier molecular flexibility index (Phi) is 5.69. The minimum absolute atomic E-state index is 0.0642. The molecule has 2 rings (SSSR count). The zero-order chi connectivity index (χ0) is 15.1. The molecule has 0 unspecified atom stereocenters. The lowest BCUT2D eigenvalue weighted by Gasteiger charge is -2.10. The summed E-state index contributed by atoms with van der Waals surface area (Å²) in [6, 6.07) is 9.39. The molecular formula is C17H18O3S. The summed E-state index contributed by atoms with van der Waals surface area (Å²) in [4.78, 5) is 12.4. The number of carbonyl (C=O) groups is 1. The van der Waals surface area contributed by atoms with Crippen molar-refractivity contribution in [2.24, 2.45) is 0 Å². The number of rotatable bonds is 8. The van der Waals surface area contributed by atoms with Gasteiger partial charge in [0, 0.05) is 0 Å². The van der Waals surface area contributed by atoms with E-state index >= 15 is 0 Å². The molecule has 21 heavy (non-hydrogen) atoms. The molecule has 3 nitrogen and oxygen atoms in total. The van der Waals surface area contributed by atoms with Crippen molar-refractivity contribution in [2.45, 2.75) is 12.7 Å². The number of aryl methyl sites for hydroxylation is 1. The fourth-order valence-electron chi connectivity index (χ4n) is 1.85. The summed E-state index contributed by atoms with van der Waals surface area (Å²) in [5.74, 6) is 2.64. The van der Waals surface area contributed by atoms with Gasteiger partial charge in [0.05, 0.1) is 23.3 Å². The molecule has 0 N–H and O–H groups in total. The maximum absolute atomic E-state index is 12.4. The zero-order valence-electron chi connectivity index (χ0n) is 12.0. The highest BCUT2D eigenvalue weighted by atomic mass is 32.2. The molecule has 0 saturated heterocycles. The third kappa shape index (κ3) is 4.53. The number of benzene rings is 1. The highest BCUT2D eigenvalue weighted by molar-refractivity contribution is 7.99. The van der Waals surface area contributed by atoms with Gasteiger partial charge in [-0.15, -0.1) is 11.8 Å². The molecule has 0 aliphatic rings. The van der Waals surface area contributed by atoms with Gasteiger partial charge in [0.15, 0.2) is 5.78 Å². The van der Waals surface area contributed by atoms with Crippen LogP contribution in [0.1, 0.15) is 21.7 Å². The first-order chi connectivity index (χ1) is 10.2. The molecule has 0 aliphatic carbocycles. The van der Waals surface area contributed by atoms with E-state index in [4.69, 9.17) is 9.15 Å². The lowest BCUT2D eigenvalue weighted by atomic mass is 10.1. The Morgan fingerprint density at radius 2 is 2.29 bits per heavy atom. The van der Waals surface area contributed by atoms with Crippen molar-refractivity contribution in [1.82, 2.24) is 0 Å². The third-order valence-electron chi connectivity index (χ3n) is 2.85. The highest BCUT2D eigenvalue weighted by Gasteiger charge is 2.13. The lowest BCUT2D eigenvalue weighted by Crippen LogP contribution is -2.07. The smallest absolute Gasteiger partial charge is 0.176 e. The molecule has 0 atom stereocenters. The summed E-state index contributed by atoms with van der Waals surface area (Å²) < 4.78 is 10.8. The average molecular weight is 302 g/mol.